The Morgan fingerprint density at radius 2 is 1.81 bits per heavy atom. The number of benzene rings is 2. The maximum atomic E-state index is 12.7. The van der Waals surface area contributed by atoms with Gasteiger partial charge in [0.1, 0.15) is 24.1 Å². The maximum Gasteiger partial charge on any atom is 0.401 e. The van der Waals surface area contributed by atoms with Crippen molar-refractivity contribution in [3.8, 4) is 5.75 Å². The molecule has 0 heterocycles. The SMILES string of the molecule is N=C(N)C(COc1ccc(Cl)c2ccccc12)C(F)(F)F. The molecule has 0 aromatic heterocycles. The number of halogens is 4. The minimum absolute atomic E-state index is 0.269. The predicted octanol–water partition coefficient (Wildman–Crippen LogP) is 3.99. The van der Waals surface area contributed by atoms with Gasteiger partial charge in [0.2, 0.25) is 0 Å². The molecule has 0 saturated heterocycles. The summed E-state index contributed by atoms with van der Waals surface area (Å²) < 4.78 is 43.4. The Bertz CT molecular complexity index is 673. The Kier molecular flexibility index (Phi) is 4.27. The van der Waals surface area contributed by atoms with Gasteiger partial charge in [0, 0.05) is 15.8 Å². The maximum absolute atomic E-state index is 12.7. The van der Waals surface area contributed by atoms with E-state index >= 15 is 0 Å². The van der Waals surface area contributed by atoms with Crippen LogP contribution in [0.15, 0.2) is 36.4 Å². The van der Waals surface area contributed by atoms with Gasteiger partial charge in [-0.15, -0.1) is 0 Å². The third-order valence-corrected chi connectivity index (χ3v) is 3.34. The number of rotatable bonds is 4. The van der Waals surface area contributed by atoms with Crippen molar-refractivity contribution in [1.82, 2.24) is 0 Å². The summed E-state index contributed by atoms with van der Waals surface area (Å²) in [7, 11) is 0. The minimum Gasteiger partial charge on any atom is -0.492 e. The second kappa shape index (κ2) is 5.81. The highest BCUT2D eigenvalue weighted by Crippen LogP contribution is 2.33. The zero-order valence-electron chi connectivity index (χ0n) is 10.7. The van der Waals surface area contributed by atoms with Crippen molar-refractivity contribution >= 4 is 28.2 Å². The van der Waals surface area contributed by atoms with Gasteiger partial charge in [-0.3, -0.25) is 5.41 Å². The van der Waals surface area contributed by atoms with Crippen LogP contribution in [-0.4, -0.2) is 18.6 Å². The molecule has 2 aromatic carbocycles. The molecule has 0 bridgehead atoms. The number of amidine groups is 1. The van der Waals surface area contributed by atoms with Crippen LogP contribution in [0.3, 0.4) is 0 Å². The van der Waals surface area contributed by atoms with Crippen LogP contribution < -0.4 is 10.5 Å². The van der Waals surface area contributed by atoms with Gasteiger partial charge in [-0.1, -0.05) is 35.9 Å². The van der Waals surface area contributed by atoms with E-state index < -0.39 is 24.5 Å². The number of hydrogen-bond donors (Lipinski definition) is 2. The largest absolute Gasteiger partial charge is 0.492 e. The lowest BCUT2D eigenvalue weighted by Crippen LogP contribution is -2.39. The Hall–Kier alpha value is -1.95. The zero-order valence-corrected chi connectivity index (χ0v) is 11.5. The molecule has 2 rings (SSSR count). The summed E-state index contributed by atoms with van der Waals surface area (Å²) in [6.07, 6.45) is -4.62. The summed E-state index contributed by atoms with van der Waals surface area (Å²) in [6.45, 7) is -0.746. The summed E-state index contributed by atoms with van der Waals surface area (Å²) in [4.78, 5) is 0. The summed E-state index contributed by atoms with van der Waals surface area (Å²) in [5.74, 6) is -2.83. The normalized spacial score (nSPS) is 13.1. The third kappa shape index (κ3) is 3.39. The van der Waals surface area contributed by atoms with Crippen LogP contribution in [0.25, 0.3) is 10.8 Å². The van der Waals surface area contributed by atoms with Crippen molar-refractivity contribution in [2.45, 2.75) is 6.18 Å². The van der Waals surface area contributed by atoms with E-state index in [1.165, 1.54) is 6.07 Å². The summed E-state index contributed by atoms with van der Waals surface area (Å²) in [5, 5.41) is 8.80. The molecule has 0 radical (unpaired) electrons. The molecule has 1 atom stereocenters. The summed E-state index contributed by atoms with van der Waals surface area (Å²) in [6, 6.07) is 10.0. The molecule has 2 aromatic rings. The van der Waals surface area contributed by atoms with Gasteiger partial charge in [0.15, 0.2) is 0 Å². The van der Waals surface area contributed by atoms with E-state index in [9.17, 15) is 13.2 Å². The molecule has 7 heteroatoms. The average molecular weight is 317 g/mol. The van der Waals surface area contributed by atoms with Gasteiger partial charge in [0.05, 0.1) is 0 Å². The third-order valence-electron chi connectivity index (χ3n) is 3.01. The second-order valence-corrected chi connectivity index (χ2v) is 4.86. The molecule has 21 heavy (non-hydrogen) atoms. The second-order valence-electron chi connectivity index (χ2n) is 4.45. The van der Waals surface area contributed by atoms with Crippen LogP contribution in [0.4, 0.5) is 13.2 Å². The first-order chi connectivity index (χ1) is 9.80. The van der Waals surface area contributed by atoms with Crippen LogP contribution in [0.1, 0.15) is 0 Å². The number of hydrogen-bond acceptors (Lipinski definition) is 2. The first-order valence-electron chi connectivity index (χ1n) is 6.01. The van der Waals surface area contributed by atoms with Crippen molar-refractivity contribution in [2.24, 2.45) is 11.7 Å². The topological polar surface area (TPSA) is 59.1 Å². The molecular weight excluding hydrogens is 305 g/mol. The number of nitrogens with two attached hydrogens (primary N) is 1. The lowest BCUT2D eigenvalue weighted by molar-refractivity contribution is -0.161. The highest BCUT2D eigenvalue weighted by molar-refractivity contribution is 6.35. The molecule has 0 aliphatic rings. The minimum atomic E-state index is -4.62. The molecule has 0 saturated carbocycles. The van der Waals surface area contributed by atoms with E-state index in [2.05, 4.69) is 0 Å². The smallest absolute Gasteiger partial charge is 0.401 e. The number of ether oxygens (including phenoxy) is 1. The van der Waals surface area contributed by atoms with E-state index in [1.54, 1.807) is 30.3 Å². The molecule has 112 valence electrons. The van der Waals surface area contributed by atoms with E-state index in [4.69, 9.17) is 27.5 Å². The summed E-state index contributed by atoms with van der Waals surface area (Å²) >= 11 is 6.03. The van der Waals surface area contributed by atoms with E-state index in [1.807, 2.05) is 0 Å². The quantitative estimate of drug-likeness (QED) is 0.662. The fraction of sp³-hybridized carbons (Fsp3) is 0.214. The lowest BCUT2D eigenvalue weighted by atomic mass is 10.1. The number of nitrogens with one attached hydrogen (secondary N) is 1. The van der Waals surface area contributed by atoms with Crippen LogP contribution in [-0.2, 0) is 0 Å². The van der Waals surface area contributed by atoms with Crippen molar-refractivity contribution in [3.63, 3.8) is 0 Å². The first kappa shape index (κ1) is 15.4. The van der Waals surface area contributed by atoms with Gasteiger partial charge in [-0.25, -0.2) is 0 Å². The van der Waals surface area contributed by atoms with E-state index in [-0.39, 0.29) is 5.75 Å². The highest BCUT2D eigenvalue weighted by atomic mass is 35.5. The average Bonchev–Trinajstić information content (AvgIpc) is 2.40. The fourth-order valence-corrected chi connectivity index (χ4v) is 2.12. The van der Waals surface area contributed by atoms with Crippen molar-refractivity contribution in [3.05, 3.63) is 41.4 Å². The lowest BCUT2D eigenvalue weighted by Gasteiger charge is -2.20. The van der Waals surface area contributed by atoms with Gasteiger partial charge in [-0.2, -0.15) is 13.2 Å². The number of fused-ring (bicyclic) bond motifs is 1. The van der Waals surface area contributed by atoms with Crippen LogP contribution in [0.2, 0.25) is 5.02 Å². The molecule has 0 aliphatic carbocycles. The van der Waals surface area contributed by atoms with Gasteiger partial charge in [0.25, 0.3) is 0 Å². The van der Waals surface area contributed by atoms with Crippen molar-refractivity contribution < 1.29 is 17.9 Å². The van der Waals surface area contributed by atoms with Crippen LogP contribution in [0, 0.1) is 11.3 Å². The molecule has 0 aliphatic heterocycles. The van der Waals surface area contributed by atoms with E-state index in [0.717, 1.165) is 0 Å². The predicted molar refractivity (Wildman–Crippen MR) is 75.9 cm³/mol. The fourth-order valence-electron chi connectivity index (χ4n) is 1.89. The zero-order chi connectivity index (χ0) is 15.6. The van der Waals surface area contributed by atoms with Crippen molar-refractivity contribution in [2.75, 3.05) is 6.61 Å². The monoisotopic (exact) mass is 316 g/mol. The van der Waals surface area contributed by atoms with Crippen LogP contribution >= 0.6 is 11.6 Å². The molecule has 1 unspecified atom stereocenters. The van der Waals surface area contributed by atoms with Gasteiger partial charge in [-0.05, 0) is 12.1 Å². The Balaban J connectivity index is 2.28. The van der Waals surface area contributed by atoms with Gasteiger partial charge < -0.3 is 10.5 Å². The van der Waals surface area contributed by atoms with Gasteiger partial charge >= 0.3 is 6.18 Å². The summed E-state index contributed by atoms with van der Waals surface area (Å²) in [5.41, 5.74) is 4.99. The highest BCUT2D eigenvalue weighted by Gasteiger charge is 2.42. The van der Waals surface area contributed by atoms with E-state index in [0.29, 0.717) is 15.8 Å². The Morgan fingerprint density at radius 1 is 1.19 bits per heavy atom. The molecule has 0 spiro atoms. The Morgan fingerprint density at radius 3 is 2.38 bits per heavy atom. The Labute approximate surface area is 124 Å². The molecule has 0 fully saturated rings. The van der Waals surface area contributed by atoms with Crippen molar-refractivity contribution in [1.29, 1.82) is 5.41 Å². The molecule has 0 amide bonds. The number of alkyl halides is 3. The molecule has 3 nitrogen and oxygen atoms in total. The first-order valence-corrected chi connectivity index (χ1v) is 6.39. The molecular formula is C14H12ClF3N2O. The molecule has 3 N–H and O–H groups in total. The standard InChI is InChI=1S/C14H12ClF3N2O/c15-11-5-6-12(9-4-2-1-3-8(9)11)21-7-10(13(19)20)14(16,17)18/h1-6,10H,7H2,(H3,19,20). The van der Waals surface area contributed by atoms with Crippen LogP contribution in [0.5, 0.6) is 5.75 Å².